The van der Waals surface area contributed by atoms with Crippen molar-refractivity contribution in [1.82, 2.24) is 19.0 Å². The number of hydrogen-bond acceptors (Lipinski definition) is 8. The molecule has 11 nitrogen and oxygen atoms in total. The number of nitrogens with zero attached hydrogens (tertiary/aromatic N) is 5. The highest BCUT2D eigenvalue weighted by Gasteiger charge is 2.32. The van der Waals surface area contributed by atoms with E-state index in [-0.39, 0.29) is 54.8 Å². The van der Waals surface area contributed by atoms with Crippen molar-refractivity contribution in [2.24, 2.45) is 0 Å². The average Bonchev–Trinajstić information content (AvgIpc) is 3.44. The van der Waals surface area contributed by atoms with Crippen LogP contribution in [0.3, 0.4) is 0 Å². The summed E-state index contributed by atoms with van der Waals surface area (Å²) in [4.78, 5) is 25.9. The Morgan fingerprint density at radius 1 is 1.13 bits per heavy atom. The van der Waals surface area contributed by atoms with Crippen LogP contribution in [0.2, 0.25) is 0 Å². The van der Waals surface area contributed by atoms with Crippen LogP contribution in [-0.2, 0) is 21.4 Å². The number of sulfonamides is 1. The van der Waals surface area contributed by atoms with E-state index in [9.17, 15) is 23.3 Å². The lowest BCUT2D eigenvalue weighted by atomic mass is 10.2. The standard InChI is InChI=1S/C19H17N5O6S/c20-12-14-4-1-2-6-16(14)31(27,28)23-9-7-22(8-10-23)17(25)13-24-19(26)30-18(21-24)15-5-3-11-29-15/h1-6,11H,7-10,13H2. The number of nitriles is 1. The second-order valence-electron chi connectivity index (χ2n) is 6.70. The number of furan rings is 1. The van der Waals surface area contributed by atoms with Crippen LogP contribution in [0.4, 0.5) is 0 Å². The quantitative estimate of drug-likeness (QED) is 0.555. The SMILES string of the molecule is N#Cc1ccccc1S(=O)(=O)N1CCN(C(=O)Cn2nc(-c3ccco3)oc2=O)CC1. The summed E-state index contributed by atoms with van der Waals surface area (Å²) >= 11 is 0. The van der Waals surface area contributed by atoms with Crippen LogP contribution >= 0.6 is 0 Å². The third kappa shape index (κ3) is 4.00. The number of piperazine rings is 1. The molecule has 0 bridgehead atoms. The Kier molecular flexibility index (Phi) is 5.45. The normalized spacial score (nSPS) is 15.0. The van der Waals surface area contributed by atoms with Gasteiger partial charge in [0, 0.05) is 26.2 Å². The van der Waals surface area contributed by atoms with E-state index in [0.717, 1.165) is 4.68 Å². The molecule has 1 amide bonds. The van der Waals surface area contributed by atoms with E-state index in [1.54, 1.807) is 24.3 Å². The van der Waals surface area contributed by atoms with Gasteiger partial charge in [0.25, 0.3) is 5.89 Å². The Morgan fingerprint density at radius 3 is 2.55 bits per heavy atom. The van der Waals surface area contributed by atoms with Crippen molar-refractivity contribution >= 4 is 15.9 Å². The fourth-order valence-corrected chi connectivity index (χ4v) is 4.80. The minimum Gasteiger partial charge on any atom is -0.459 e. The first-order valence-corrected chi connectivity index (χ1v) is 10.7. The maximum atomic E-state index is 12.9. The molecule has 0 aliphatic carbocycles. The monoisotopic (exact) mass is 443 g/mol. The summed E-state index contributed by atoms with van der Waals surface area (Å²) in [6.07, 6.45) is 1.40. The molecule has 0 spiro atoms. The maximum absolute atomic E-state index is 12.9. The topological polar surface area (TPSA) is 143 Å². The maximum Gasteiger partial charge on any atom is 0.437 e. The molecule has 12 heteroatoms. The molecule has 0 saturated carbocycles. The third-order valence-electron chi connectivity index (χ3n) is 4.84. The van der Waals surface area contributed by atoms with Crippen LogP contribution in [0, 0.1) is 11.3 Å². The number of rotatable bonds is 5. The molecule has 1 fully saturated rings. The molecule has 0 unspecified atom stereocenters. The van der Waals surface area contributed by atoms with E-state index < -0.39 is 21.7 Å². The molecule has 4 rings (SSSR count). The van der Waals surface area contributed by atoms with Crippen molar-refractivity contribution < 1.29 is 22.0 Å². The zero-order chi connectivity index (χ0) is 22.0. The second-order valence-corrected chi connectivity index (χ2v) is 8.61. The van der Waals surface area contributed by atoms with Gasteiger partial charge in [-0.15, -0.1) is 5.10 Å². The summed E-state index contributed by atoms with van der Waals surface area (Å²) in [6, 6.07) is 11.1. The fourth-order valence-electron chi connectivity index (χ4n) is 3.24. The number of hydrogen-bond donors (Lipinski definition) is 0. The molecule has 1 aliphatic heterocycles. The highest BCUT2D eigenvalue weighted by atomic mass is 32.2. The highest BCUT2D eigenvalue weighted by molar-refractivity contribution is 7.89. The lowest BCUT2D eigenvalue weighted by Crippen LogP contribution is -2.51. The van der Waals surface area contributed by atoms with Crippen molar-refractivity contribution in [3.05, 3.63) is 58.8 Å². The minimum absolute atomic E-state index is 0.0325. The molecule has 1 saturated heterocycles. The smallest absolute Gasteiger partial charge is 0.437 e. The zero-order valence-corrected chi connectivity index (χ0v) is 17.0. The number of amides is 1. The highest BCUT2D eigenvalue weighted by Crippen LogP contribution is 2.21. The summed E-state index contributed by atoms with van der Waals surface area (Å²) < 4.78 is 38.0. The van der Waals surface area contributed by atoms with Crippen molar-refractivity contribution in [3.8, 4) is 17.7 Å². The van der Waals surface area contributed by atoms with Crippen LogP contribution in [0.15, 0.2) is 61.2 Å². The first-order chi connectivity index (χ1) is 14.9. The van der Waals surface area contributed by atoms with Crippen LogP contribution < -0.4 is 5.76 Å². The number of carbonyl (C=O) groups is 1. The first-order valence-electron chi connectivity index (χ1n) is 9.29. The number of benzene rings is 1. The fraction of sp³-hybridized carbons (Fsp3) is 0.263. The van der Waals surface area contributed by atoms with E-state index in [2.05, 4.69) is 5.10 Å². The minimum atomic E-state index is -3.86. The predicted octanol–water partition coefficient (Wildman–Crippen LogP) is 0.501. The van der Waals surface area contributed by atoms with E-state index in [4.69, 9.17) is 8.83 Å². The Morgan fingerprint density at radius 2 is 1.87 bits per heavy atom. The van der Waals surface area contributed by atoms with E-state index in [1.807, 2.05) is 6.07 Å². The van der Waals surface area contributed by atoms with Gasteiger partial charge in [0.05, 0.1) is 16.7 Å². The molecule has 0 atom stereocenters. The van der Waals surface area contributed by atoms with Gasteiger partial charge in [0.15, 0.2) is 5.76 Å². The van der Waals surface area contributed by atoms with Crippen LogP contribution in [0.1, 0.15) is 5.56 Å². The van der Waals surface area contributed by atoms with Gasteiger partial charge in [-0.05, 0) is 24.3 Å². The Labute approximate surface area is 176 Å². The van der Waals surface area contributed by atoms with Crippen LogP contribution in [-0.4, -0.2) is 59.5 Å². The molecule has 3 heterocycles. The van der Waals surface area contributed by atoms with Gasteiger partial charge < -0.3 is 13.7 Å². The van der Waals surface area contributed by atoms with Crippen molar-refractivity contribution in [2.75, 3.05) is 26.2 Å². The van der Waals surface area contributed by atoms with Gasteiger partial charge in [0.1, 0.15) is 12.6 Å². The molecule has 160 valence electrons. The molecule has 31 heavy (non-hydrogen) atoms. The lowest BCUT2D eigenvalue weighted by molar-refractivity contribution is -0.133. The molecule has 1 aliphatic rings. The lowest BCUT2D eigenvalue weighted by Gasteiger charge is -2.34. The van der Waals surface area contributed by atoms with Gasteiger partial charge >= 0.3 is 5.76 Å². The Balaban J connectivity index is 1.42. The first kappa shape index (κ1) is 20.6. The van der Waals surface area contributed by atoms with Crippen LogP contribution in [0.5, 0.6) is 0 Å². The molecule has 1 aromatic carbocycles. The Hall–Kier alpha value is -3.69. The van der Waals surface area contributed by atoms with Crippen molar-refractivity contribution in [3.63, 3.8) is 0 Å². The van der Waals surface area contributed by atoms with Crippen LogP contribution in [0.25, 0.3) is 11.7 Å². The third-order valence-corrected chi connectivity index (χ3v) is 6.80. The molecule has 0 N–H and O–H groups in total. The van der Waals surface area contributed by atoms with Crippen molar-refractivity contribution in [1.29, 1.82) is 5.26 Å². The Bertz CT molecular complexity index is 1290. The number of aromatic nitrogens is 2. The summed E-state index contributed by atoms with van der Waals surface area (Å²) in [5.74, 6) is -0.959. The van der Waals surface area contributed by atoms with Crippen molar-refractivity contribution in [2.45, 2.75) is 11.4 Å². The zero-order valence-electron chi connectivity index (χ0n) is 16.2. The van der Waals surface area contributed by atoms with Gasteiger partial charge in [-0.3, -0.25) is 4.79 Å². The summed E-state index contributed by atoms with van der Waals surface area (Å²) in [5, 5.41) is 13.1. The van der Waals surface area contributed by atoms with E-state index in [0.29, 0.717) is 0 Å². The molecule has 2 aromatic heterocycles. The molecule has 0 radical (unpaired) electrons. The second kappa shape index (κ2) is 8.21. The summed E-state index contributed by atoms with van der Waals surface area (Å²) in [5.41, 5.74) is 0.0683. The average molecular weight is 443 g/mol. The molecule has 3 aromatic rings. The predicted molar refractivity (Wildman–Crippen MR) is 105 cm³/mol. The largest absolute Gasteiger partial charge is 0.459 e. The number of carbonyl (C=O) groups excluding carboxylic acids is 1. The molecular weight excluding hydrogens is 426 g/mol. The molecular formula is C19H17N5O6S. The van der Waals surface area contributed by atoms with E-state index in [1.165, 1.54) is 27.6 Å². The van der Waals surface area contributed by atoms with Gasteiger partial charge in [0.2, 0.25) is 15.9 Å². The van der Waals surface area contributed by atoms with Gasteiger partial charge in [-0.1, -0.05) is 12.1 Å². The van der Waals surface area contributed by atoms with Gasteiger partial charge in [-0.2, -0.15) is 14.2 Å². The summed E-state index contributed by atoms with van der Waals surface area (Å²) in [6.45, 7) is 0.0836. The summed E-state index contributed by atoms with van der Waals surface area (Å²) in [7, 11) is -3.86. The van der Waals surface area contributed by atoms with E-state index >= 15 is 0 Å². The van der Waals surface area contributed by atoms with Gasteiger partial charge in [-0.25, -0.2) is 13.2 Å².